The molecule has 5 rings (SSSR count). The molecule has 1 unspecified atom stereocenters. The number of unbranched alkanes of at least 4 members (excludes halogenated alkanes) is 3. The second-order valence-electron chi connectivity index (χ2n) is 9.41. The molecule has 0 fully saturated rings. The zero-order valence-corrected chi connectivity index (χ0v) is 22.2. The van der Waals surface area contributed by atoms with E-state index >= 15 is 0 Å². The van der Waals surface area contributed by atoms with Gasteiger partial charge in [-0.05, 0) is 54.4 Å². The molecule has 1 amide bonds. The topological polar surface area (TPSA) is 78.2 Å². The van der Waals surface area contributed by atoms with Gasteiger partial charge in [0.15, 0.2) is 16.9 Å². The Morgan fingerprint density at radius 3 is 2.54 bits per heavy atom. The van der Waals surface area contributed by atoms with Crippen molar-refractivity contribution in [2.24, 2.45) is 0 Å². The van der Waals surface area contributed by atoms with Crippen LogP contribution >= 0.6 is 0 Å². The number of hydrogen-bond acceptors (Lipinski definition) is 6. The van der Waals surface area contributed by atoms with Crippen molar-refractivity contribution in [2.45, 2.75) is 38.6 Å². The minimum absolute atomic E-state index is 0.0676. The molecule has 1 aliphatic heterocycles. The van der Waals surface area contributed by atoms with Gasteiger partial charge in [-0.15, -0.1) is 0 Å². The highest BCUT2D eigenvalue weighted by Crippen LogP contribution is 2.44. The lowest BCUT2D eigenvalue weighted by Crippen LogP contribution is -2.29. The van der Waals surface area contributed by atoms with Gasteiger partial charge in [-0.3, -0.25) is 14.5 Å². The Hall–Kier alpha value is -4.33. The standard InChI is InChI=1S/C31H30FNO6/c1-4-5-6-7-15-38-25-13-11-19(16-26(25)37-3)28-27-29(34)23-17-20(32)12-14-24(23)39-30(27)31(35)33(28)21-9-8-10-22(18-21)36-2/h8-14,16-18,28H,4-7,15H2,1-3H3. The number of nitrogens with zero attached hydrogens (tertiary/aromatic N) is 1. The number of benzene rings is 3. The summed E-state index contributed by atoms with van der Waals surface area (Å²) in [6, 6.07) is 15.2. The molecular formula is C31H30FNO6. The lowest BCUT2D eigenvalue weighted by atomic mass is 9.97. The first kappa shape index (κ1) is 26.3. The summed E-state index contributed by atoms with van der Waals surface area (Å²) in [5, 5.41) is 0.0676. The monoisotopic (exact) mass is 531 g/mol. The number of halogens is 1. The van der Waals surface area contributed by atoms with Crippen molar-refractivity contribution in [3.8, 4) is 17.2 Å². The van der Waals surface area contributed by atoms with Gasteiger partial charge in [0.2, 0.25) is 5.76 Å². The summed E-state index contributed by atoms with van der Waals surface area (Å²) in [5.41, 5.74) is 0.939. The number of hydrogen-bond donors (Lipinski definition) is 0. The van der Waals surface area contributed by atoms with Crippen molar-refractivity contribution in [2.75, 3.05) is 25.7 Å². The Bertz CT molecular complexity index is 1580. The zero-order chi connectivity index (χ0) is 27.5. The Kier molecular flexibility index (Phi) is 7.54. The SMILES string of the molecule is CCCCCCOc1ccc(C2c3c(oc4ccc(F)cc4c3=O)C(=O)N2c2cccc(OC)c2)cc1OC. The van der Waals surface area contributed by atoms with Gasteiger partial charge in [0, 0.05) is 11.8 Å². The summed E-state index contributed by atoms with van der Waals surface area (Å²) < 4.78 is 37.0. The molecule has 8 heteroatoms. The van der Waals surface area contributed by atoms with E-state index in [1.807, 2.05) is 0 Å². The largest absolute Gasteiger partial charge is 0.497 e. The highest BCUT2D eigenvalue weighted by molar-refractivity contribution is 6.10. The van der Waals surface area contributed by atoms with Crippen LogP contribution in [0.4, 0.5) is 10.1 Å². The smallest absolute Gasteiger partial charge is 0.295 e. The molecule has 7 nitrogen and oxygen atoms in total. The first-order chi connectivity index (χ1) is 19.0. The van der Waals surface area contributed by atoms with Crippen molar-refractivity contribution < 1.29 is 27.8 Å². The predicted octanol–water partition coefficient (Wildman–Crippen LogP) is 6.66. The molecular weight excluding hydrogens is 501 g/mol. The van der Waals surface area contributed by atoms with Gasteiger partial charge in [0.1, 0.15) is 17.1 Å². The number of carbonyl (C=O) groups excluding carboxylic acids is 1. The molecule has 4 aromatic rings. The number of ether oxygens (including phenoxy) is 3. The van der Waals surface area contributed by atoms with Crippen LogP contribution in [0.5, 0.6) is 17.2 Å². The van der Waals surface area contributed by atoms with Crippen LogP contribution in [0.3, 0.4) is 0 Å². The number of anilines is 1. The van der Waals surface area contributed by atoms with Crippen LogP contribution in [0.25, 0.3) is 11.0 Å². The summed E-state index contributed by atoms with van der Waals surface area (Å²) in [7, 11) is 3.08. The normalized spacial score (nSPS) is 14.5. The summed E-state index contributed by atoms with van der Waals surface area (Å²) in [6.45, 7) is 2.71. The average molecular weight is 532 g/mol. The average Bonchev–Trinajstić information content (AvgIpc) is 3.25. The van der Waals surface area contributed by atoms with Gasteiger partial charge < -0.3 is 18.6 Å². The molecule has 202 valence electrons. The van der Waals surface area contributed by atoms with Crippen LogP contribution in [0.2, 0.25) is 0 Å². The molecule has 0 saturated heterocycles. The molecule has 0 radical (unpaired) electrons. The quantitative estimate of drug-likeness (QED) is 0.213. The highest BCUT2D eigenvalue weighted by atomic mass is 19.1. The van der Waals surface area contributed by atoms with E-state index in [0.29, 0.717) is 35.1 Å². The molecule has 0 bridgehead atoms. The molecule has 1 aromatic heterocycles. The van der Waals surface area contributed by atoms with E-state index < -0.39 is 23.2 Å². The Labute approximate surface area is 225 Å². The third-order valence-electron chi connectivity index (χ3n) is 6.92. The van der Waals surface area contributed by atoms with Crippen LogP contribution < -0.4 is 24.5 Å². The Balaban J connectivity index is 1.64. The Morgan fingerprint density at radius 1 is 0.923 bits per heavy atom. The summed E-state index contributed by atoms with van der Waals surface area (Å²) >= 11 is 0. The lowest BCUT2D eigenvalue weighted by Gasteiger charge is -2.26. The second kappa shape index (κ2) is 11.2. The van der Waals surface area contributed by atoms with Gasteiger partial charge in [-0.2, -0.15) is 0 Å². The maximum atomic E-state index is 14.1. The second-order valence-corrected chi connectivity index (χ2v) is 9.41. The van der Waals surface area contributed by atoms with E-state index in [1.54, 1.807) is 49.6 Å². The van der Waals surface area contributed by atoms with Gasteiger partial charge in [-0.25, -0.2) is 4.39 Å². The fourth-order valence-corrected chi connectivity index (χ4v) is 4.97. The number of fused-ring (bicyclic) bond motifs is 2. The third kappa shape index (κ3) is 4.94. The molecule has 0 spiro atoms. The van der Waals surface area contributed by atoms with E-state index in [1.165, 1.54) is 24.1 Å². The number of methoxy groups -OCH3 is 2. The maximum Gasteiger partial charge on any atom is 0.295 e. The van der Waals surface area contributed by atoms with Crippen molar-refractivity contribution in [1.82, 2.24) is 0 Å². The van der Waals surface area contributed by atoms with Crippen LogP contribution in [-0.2, 0) is 0 Å². The molecule has 3 aromatic carbocycles. The van der Waals surface area contributed by atoms with E-state index in [9.17, 15) is 14.0 Å². The number of amides is 1. The van der Waals surface area contributed by atoms with E-state index in [2.05, 4.69) is 6.92 Å². The number of rotatable bonds is 10. The molecule has 0 aliphatic carbocycles. The first-order valence-corrected chi connectivity index (χ1v) is 13.0. The molecule has 39 heavy (non-hydrogen) atoms. The van der Waals surface area contributed by atoms with Crippen LogP contribution in [0, 0.1) is 5.82 Å². The Morgan fingerprint density at radius 2 is 1.77 bits per heavy atom. The van der Waals surface area contributed by atoms with Gasteiger partial charge >= 0.3 is 0 Å². The predicted molar refractivity (Wildman–Crippen MR) is 147 cm³/mol. The first-order valence-electron chi connectivity index (χ1n) is 13.0. The summed E-state index contributed by atoms with van der Waals surface area (Å²) in [4.78, 5) is 29.1. The molecule has 1 aliphatic rings. The highest BCUT2D eigenvalue weighted by Gasteiger charge is 2.44. The van der Waals surface area contributed by atoms with Gasteiger partial charge in [0.05, 0.1) is 37.8 Å². The number of carbonyl (C=O) groups is 1. The molecule has 2 heterocycles. The molecule has 0 saturated carbocycles. The van der Waals surface area contributed by atoms with Crippen molar-refractivity contribution in [3.05, 3.63) is 93.6 Å². The fourth-order valence-electron chi connectivity index (χ4n) is 4.97. The minimum atomic E-state index is -0.851. The lowest BCUT2D eigenvalue weighted by molar-refractivity contribution is 0.0971. The van der Waals surface area contributed by atoms with Crippen molar-refractivity contribution in [3.63, 3.8) is 0 Å². The van der Waals surface area contributed by atoms with Gasteiger partial charge in [-0.1, -0.05) is 38.3 Å². The van der Waals surface area contributed by atoms with Crippen LogP contribution in [0.15, 0.2) is 69.9 Å². The van der Waals surface area contributed by atoms with Gasteiger partial charge in [0.25, 0.3) is 5.91 Å². The minimum Gasteiger partial charge on any atom is -0.497 e. The van der Waals surface area contributed by atoms with E-state index in [-0.39, 0.29) is 22.3 Å². The van der Waals surface area contributed by atoms with Crippen molar-refractivity contribution in [1.29, 1.82) is 0 Å². The fraction of sp³-hybridized carbons (Fsp3) is 0.290. The van der Waals surface area contributed by atoms with E-state index in [4.69, 9.17) is 18.6 Å². The zero-order valence-electron chi connectivity index (χ0n) is 22.2. The summed E-state index contributed by atoms with van der Waals surface area (Å²) in [6.07, 6.45) is 4.30. The van der Waals surface area contributed by atoms with Crippen molar-refractivity contribution >= 4 is 22.6 Å². The molecule has 1 atom stereocenters. The maximum absolute atomic E-state index is 14.1. The van der Waals surface area contributed by atoms with Crippen LogP contribution in [0.1, 0.15) is 60.3 Å². The molecule has 0 N–H and O–H groups in total. The van der Waals surface area contributed by atoms with E-state index in [0.717, 1.165) is 31.7 Å². The third-order valence-corrected chi connectivity index (χ3v) is 6.92. The summed E-state index contributed by atoms with van der Waals surface area (Å²) in [5.74, 6) is 0.464. The van der Waals surface area contributed by atoms with Crippen LogP contribution in [-0.4, -0.2) is 26.7 Å².